The molecule has 0 saturated carbocycles. The van der Waals surface area contributed by atoms with E-state index in [1.807, 2.05) is 6.92 Å². The lowest BCUT2D eigenvalue weighted by Crippen LogP contribution is -2.34. The molecule has 0 radical (unpaired) electrons. The minimum absolute atomic E-state index is 0.0759. The normalized spacial score (nSPS) is 15.6. The third-order valence-electron chi connectivity index (χ3n) is 4.93. The molecule has 1 aliphatic heterocycles. The van der Waals surface area contributed by atoms with Crippen LogP contribution >= 0.6 is 11.8 Å². The number of amides is 1. The number of carbonyl (C=O) groups excluding carboxylic acids is 1. The van der Waals surface area contributed by atoms with Crippen molar-refractivity contribution in [3.05, 3.63) is 49.5 Å². The van der Waals surface area contributed by atoms with Crippen LogP contribution in [-0.2, 0) is 11.3 Å². The first-order valence-corrected chi connectivity index (χ1v) is 9.80. The fourth-order valence-corrected chi connectivity index (χ4v) is 4.14. The van der Waals surface area contributed by atoms with E-state index >= 15 is 0 Å². The standard InChI is InChI=1S/C18H23N5O3S/c1-10-12(3)20-9-22(16(10)25)6-5-19-15(24)7-14-8-27-18-21-13(4)11(2)17(26)23(14)18/h9,14H,5-8H2,1-4H3,(H,19,24). The quantitative estimate of drug-likeness (QED) is 0.763. The van der Waals surface area contributed by atoms with Gasteiger partial charge < -0.3 is 5.32 Å². The number of nitrogens with one attached hydrogen (secondary N) is 1. The number of hydrogen-bond donors (Lipinski definition) is 1. The van der Waals surface area contributed by atoms with Gasteiger partial charge in [0.2, 0.25) is 5.91 Å². The minimum Gasteiger partial charge on any atom is -0.354 e. The lowest BCUT2D eigenvalue weighted by atomic mass is 10.2. The molecule has 0 saturated heterocycles. The number of carbonyl (C=O) groups is 1. The first kappa shape index (κ1) is 19.3. The summed E-state index contributed by atoms with van der Waals surface area (Å²) in [6, 6.07) is -0.199. The number of thioether (sulfide) groups is 1. The summed E-state index contributed by atoms with van der Waals surface area (Å²) >= 11 is 1.50. The summed E-state index contributed by atoms with van der Waals surface area (Å²) in [5.74, 6) is 0.502. The van der Waals surface area contributed by atoms with E-state index in [-0.39, 0.29) is 29.5 Å². The van der Waals surface area contributed by atoms with Gasteiger partial charge in [0, 0.05) is 47.8 Å². The second-order valence-electron chi connectivity index (χ2n) is 6.75. The Kier molecular flexibility index (Phi) is 5.50. The highest BCUT2D eigenvalue weighted by Crippen LogP contribution is 2.32. The molecule has 27 heavy (non-hydrogen) atoms. The van der Waals surface area contributed by atoms with Crippen LogP contribution in [0.5, 0.6) is 0 Å². The molecule has 1 N–H and O–H groups in total. The molecule has 0 bridgehead atoms. The minimum atomic E-state index is -0.199. The topological polar surface area (TPSA) is 98.9 Å². The van der Waals surface area contributed by atoms with E-state index in [9.17, 15) is 14.4 Å². The van der Waals surface area contributed by atoms with Crippen molar-refractivity contribution in [3.63, 3.8) is 0 Å². The summed E-state index contributed by atoms with van der Waals surface area (Å²) in [5.41, 5.74) is 2.50. The van der Waals surface area contributed by atoms with Gasteiger partial charge in [-0.1, -0.05) is 11.8 Å². The third-order valence-corrected chi connectivity index (χ3v) is 6.03. The average Bonchev–Trinajstić information content (AvgIpc) is 3.02. The SMILES string of the molecule is Cc1ncn(CCNC(=O)CC2CSc3nc(C)c(C)c(=O)n32)c(=O)c1C. The van der Waals surface area contributed by atoms with Crippen molar-refractivity contribution in [3.8, 4) is 0 Å². The lowest BCUT2D eigenvalue weighted by molar-refractivity contribution is -0.121. The van der Waals surface area contributed by atoms with E-state index in [0.717, 1.165) is 5.69 Å². The van der Waals surface area contributed by atoms with Gasteiger partial charge in [0.25, 0.3) is 11.1 Å². The lowest BCUT2D eigenvalue weighted by Gasteiger charge is -2.15. The molecule has 1 amide bonds. The Morgan fingerprint density at radius 1 is 1.19 bits per heavy atom. The zero-order chi connectivity index (χ0) is 19.7. The maximum Gasteiger partial charge on any atom is 0.257 e. The number of fused-ring (bicyclic) bond motifs is 1. The molecular formula is C18H23N5O3S. The molecule has 0 fully saturated rings. The third kappa shape index (κ3) is 3.83. The summed E-state index contributed by atoms with van der Waals surface area (Å²) in [5, 5.41) is 3.50. The Hall–Kier alpha value is -2.42. The van der Waals surface area contributed by atoms with Crippen molar-refractivity contribution < 1.29 is 4.79 Å². The van der Waals surface area contributed by atoms with Crippen molar-refractivity contribution in [1.29, 1.82) is 0 Å². The van der Waals surface area contributed by atoms with Crippen LogP contribution < -0.4 is 16.4 Å². The Morgan fingerprint density at radius 3 is 2.63 bits per heavy atom. The monoisotopic (exact) mass is 389 g/mol. The van der Waals surface area contributed by atoms with Crippen molar-refractivity contribution in [2.45, 2.75) is 51.9 Å². The van der Waals surface area contributed by atoms with Gasteiger partial charge in [0.1, 0.15) is 0 Å². The highest BCUT2D eigenvalue weighted by Gasteiger charge is 2.28. The van der Waals surface area contributed by atoms with Gasteiger partial charge in [-0.05, 0) is 27.7 Å². The molecule has 1 aliphatic rings. The van der Waals surface area contributed by atoms with E-state index in [4.69, 9.17) is 0 Å². The van der Waals surface area contributed by atoms with Crippen LogP contribution in [-0.4, -0.2) is 37.3 Å². The van der Waals surface area contributed by atoms with Crippen LogP contribution in [0, 0.1) is 27.7 Å². The summed E-state index contributed by atoms with van der Waals surface area (Å²) in [7, 11) is 0. The molecule has 144 valence electrons. The van der Waals surface area contributed by atoms with Gasteiger partial charge in [-0.15, -0.1) is 0 Å². The maximum atomic E-state index is 12.5. The summed E-state index contributed by atoms with van der Waals surface area (Å²) in [6.45, 7) is 7.80. The zero-order valence-corrected chi connectivity index (χ0v) is 16.7. The van der Waals surface area contributed by atoms with E-state index in [2.05, 4.69) is 15.3 Å². The average molecular weight is 389 g/mol. The van der Waals surface area contributed by atoms with E-state index in [1.165, 1.54) is 22.7 Å². The number of aromatic nitrogens is 4. The number of aryl methyl sites for hydroxylation is 2. The van der Waals surface area contributed by atoms with Crippen molar-refractivity contribution >= 4 is 17.7 Å². The maximum absolute atomic E-state index is 12.5. The molecular weight excluding hydrogens is 366 g/mol. The van der Waals surface area contributed by atoms with Crippen molar-refractivity contribution in [1.82, 2.24) is 24.4 Å². The molecule has 2 aromatic heterocycles. The van der Waals surface area contributed by atoms with E-state index < -0.39 is 0 Å². The molecule has 0 spiro atoms. The number of rotatable bonds is 5. The van der Waals surface area contributed by atoms with E-state index in [0.29, 0.717) is 40.8 Å². The summed E-state index contributed by atoms with van der Waals surface area (Å²) in [6.07, 6.45) is 1.71. The number of nitrogens with zero attached hydrogens (tertiary/aromatic N) is 4. The first-order valence-electron chi connectivity index (χ1n) is 8.81. The van der Waals surface area contributed by atoms with Crippen molar-refractivity contribution in [2.75, 3.05) is 12.3 Å². The molecule has 1 atom stereocenters. The smallest absolute Gasteiger partial charge is 0.257 e. The summed E-state index contributed by atoms with van der Waals surface area (Å²) < 4.78 is 3.12. The predicted molar refractivity (Wildman–Crippen MR) is 103 cm³/mol. The summed E-state index contributed by atoms with van der Waals surface area (Å²) in [4.78, 5) is 45.6. The van der Waals surface area contributed by atoms with Gasteiger partial charge >= 0.3 is 0 Å². The van der Waals surface area contributed by atoms with Gasteiger partial charge in [0.05, 0.1) is 12.4 Å². The van der Waals surface area contributed by atoms with Crippen LogP contribution in [0.2, 0.25) is 0 Å². The second kappa shape index (κ2) is 7.67. The Balaban J connectivity index is 1.61. The Morgan fingerprint density at radius 2 is 1.89 bits per heavy atom. The second-order valence-corrected chi connectivity index (χ2v) is 7.74. The van der Waals surface area contributed by atoms with Gasteiger partial charge in [0.15, 0.2) is 5.16 Å². The van der Waals surface area contributed by atoms with Gasteiger partial charge in [-0.25, -0.2) is 9.97 Å². The molecule has 9 heteroatoms. The largest absolute Gasteiger partial charge is 0.354 e. The van der Waals surface area contributed by atoms with Crippen LogP contribution in [0.3, 0.4) is 0 Å². The highest BCUT2D eigenvalue weighted by atomic mass is 32.2. The molecule has 3 heterocycles. The zero-order valence-electron chi connectivity index (χ0n) is 15.9. The molecule has 0 aromatic carbocycles. The Labute approximate surface area is 161 Å². The highest BCUT2D eigenvalue weighted by molar-refractivity contribution is 7.99. The van der Waals surface area contributed by atoms with Gasteiger partial charge in [-0.2, -0.15) is 0 Å². The number of hydrogen-bond acceptors (Lipinski definition) is 6. The fraction of sp³-hybridized carbons (Fsp3) is 0.500. The van der Waals surface area contributed by atoms with Crippen molar-refractivity contribution in [2.24, 2.45) is 0 Å². The van der Waals surface area contributed by atoms with Crippen LogP contribution in [0.1, 0.15) is 35.0 Å². The van der Waals surface area contributed by atoms with Crippen LogP contribution in [0.4, 0.5) is 0 Å². The van der Waals surface area contributed by atoms with E-state index in [1.54, 1.807) is 25.3 Å². The molecule has 2 aromatic rings. The van der Waals surface area contributed by atoms with Crippen LogP contribution in [0.15, 0.2) is 21.1 Å². The molecule has 3 rings (SSSR count). The fourth-order valence-electron chi connectivity index (χ4n) is 2.96. The molecule has 8 nitrogen and oxygen atoms in total. The Bertz CT molecular complexity index is 1010. The van der Waals surface area contributed by atoms with Crippen LogP contribution in [0.25, 0.3) is 0 Å². The predicted octanol–water partition coefficient (Wildman–Crippen LogP) is 0.887. The van der Waals surface area contributed by atoms with Gasteiger partial charge in [-0.3, -0.25) is 23.5 Å². The molecule has 1 unspecified atom stereocenters. The first-order chi connectivity index (χ1) is 12.8. The molecule has 0 aliphatic carbocycles.